The third kappa shape index (κ3) is 4.76. The van der Waals surface area contributed by atoms with E-state index in [0.717, 1.165) is 28.5 Å². The third-order valence-electron chi connectivity index (χ3n) is 5.49. The largest absolute Gasteiger partial charge is 0.872 e. The number of carbonyl (C=O) groups is 1. The standard InChI is InChI=1S/C26H28BrNO4/c1-15(2)12-28(13-16(3)4)14-21-22(29)7-6-20-25(30)24(32-26(20)21)11-19-10-17-9-18(27)5-8-23(17)31-19/h5-11,15-16,29H,12-14H2,1-4H3. The predicted molar refractivity (Wildman–Crippen MR) is 127 cm³/mol. The highest BCUT2D eigenvalue weighted by atomic mass is 79.9. The van der Waals surface area contributed by atoms with E-state index in [1.165, 1.54) is 11.0 Å². The van der Waals surface area contributed by atoms with Gasteiger partial charge in [0.05, 0.1) is 18.7 Å². The van der Waals surface area contributed by atoms with Gasteiger partial charge in [0.1, 0.15) is 23.6 Å². The van der Waals surface area contributed by atoms with E-state index in [4.69, 9.17) is 9.15 Å². The zero-order chi connectivity index (χ0) is 23.0. The summed E-state index contributed by atoms with van der Waals surface area (Å²) < 4.78 is 12.8. The Labute approximate surface area is 196 Å². The van der Waals surface area contributed by atoms with Crippen LogP contribution in [0, 0.1) is 11.8 Å². The van der Waals surface area contributed by atoms with Crippen molar-refractivity contribution in [3.8, 4) is 11.5 Å². The number of halogens is 1. The highest BCUT2D eigenvalue weighted by Crippen LogP contribution is 2.38. The summed E-state index contributed by atoms with van der Waals surface area (Å²) in [6, 6.07) is 10.7. The predicted octanol–water partition coefficient (Wildman–Crippen LogP) is 4.58. The molecule has 0 atom stereocenters. The second kappa shape index (κ2) is 9.12. The fraction of sp³-hybridized carbons (Fsp3) is 0.346. The maximum Gasteiger partial charge on any atom is 0.232 e. The molecule has 0 unspecified atom stereocenters. The molecular weight excluding hydrogens is 470 g/mol. The van der Waals surface area contributed by atoms with Crippen molar-refractivity contribution in [1.29, 1.82) is 0 Å². The Morgan fingerprint density at radius 2 is 1.78 bits per heavy atom. The number of ketones is 1. The lowest BCUT2D eigenvalue weighted by atomic mass is 10.0. The molecule has 0 radical (unpaired) electrons. The van der Waals surface area contributed by atoms with E-state index < -0.39 is 0 Å². The number of fused-ring (bicyclic) bond motifs is 2. The molecule has 6 heteroatoms. The molecule has 1 aliphatic rings. The van der Waals surface area contributed by atoms with E-state index in [-0.39, 0.29) is 17.3 Å². The maximum absolute atomic E-state index is 13.0. The molecule has 0 saturated heterocycles. The SMILES string of the molecule is CC(C)C[NH+](Cc1c([O-])ccc2c1OC(=Cc1cc3cc(Br)ccc3o1)C2=O)CC(C)C. The minimum Gasteiger partial charge on any atom is -0.872 e. The summed E-state index contributed by atoms with van der Waals surface area (Å²) in [6.07, 6.45) is 1.61. The lowest BCUT2D eigenvalue weighted by Gasteiger charge is -2.26. The van der Waals surface area contributed by atoms with Crippen LogP contribution in [0.3, 0.4) is 0 Å². The Balaban J connectivity index is 1.66. The van der Waals surface area contributed by atoms with E-state index in [0.29, 0.717) is 41.0 Å². The molecule has 1 N–H and O–H groups in total. The van der Waals surface area contributed by atoms with Crippen LogP contribution in [-0.4, -0.2) is 18.9 Å². The summed E-state index contributed by atoms with van der Waals surface area (Å²) in [4.78, 5) is 14.3. The molecule has 1 aliphatic heterocycles. The molecule has 0 amide bonds. The summed E-state index contributed by atoms with van der Waals surface area (Å²) >= 11 is 3.46. The van der Waals surface area contributed by atoms with Gasteiger partial charge in [0, 0.05) is 33.3 Å². The van der Waals surface area contributed by atoms with Gasteiger partial charge in [-0.15, -0.1) is 0 Å². The van der Waals surface area contributed by atoms with Crippen molar-refractivity contribution < 1.29 is 24.0 Å². The second-order valence-electron chi connectivity index (χ2n) is 9.31. The second-order valence-corrected chi connectivity index (χ2v) is 10.2. The Hall–Kier alpha value is -2.57. The number of Topliss-reactive ketones (excluding diaryl/α,β-unsaturated/α-hetero) is 1. The molecule has 4 rings (SSSR count). The van der Waals surface area contributed by atoms with Gasteiger partial charge in [0.15, 0.2) is 5.76 Å². The monoisotopic (exact) mass is 497 g/mol. The zero-order valence-electron chi connectivity index (χ0n) is 18.8. The van der Waals surface area contributed by atoms with Crippen molar-refractivity contribution in [2.75, 3.05) is 13.1 Å². The van der Waals surface area contributed by atoms with Gasteiger partial charge in [-0.3, -0.25) is 4.79 Å². The first-order valence-corrected chi connectivity index (χ1v) is 11.8. The van der Waals surface area contributed by atoms with Crippen LogP contribution >= 0.6 is 15.9 Å². The van der Waals surface area contributed by atoms with Crippen molar-refractivity contribution in [3.05, 3.63) is 63.5 Å². The van der Waals surface area contributed by atoms with Gasteiger partial charge < -0.3 is 19.2 Å². The molecular formula is C26H28BrNO4. The van der Waals surface area contributed by atoms with Crippen molar-refractivity contribution in [1.82, 2.24) is 0 Å². The summed E-state index contributed by atoms with van der Waals surface area (Å²) in [7, 11) is 0. The average Bonchev–Trinajstić information content (AvgIpc) is 3.23. The maximum atomic E-state index is 13.0. The molecule has 2 heterocycles. The normalized spacial score (nSPS) is 14.9. The van der Waals surface area contributed by atoms with Gasteiger partial charge in [0.2, 0.25) is 5.78 Å². The summed E-state index contributed by atoms with van der Waals surface area (Å²) in [5, 5.41) is 13.7. The first-order valence-electron chi connectivity index (χ1n) is 11.0. The molecule has 0 bridgehead atoms. The fourth-order valence-corrected chi connectivity index (χ4v) is 4.70. The molecule has 32 heavy (non-hydrogen) atoms. The Bertz CT molecular complexity index is 1180. The topological polar surface area (TPSA) is 66.9 Å². The van der Waals surface area contributed by atoms with Crippen molar-refractivity contribution in [2.24, 2.45) is 11.8 Å². The molecule has 0 spiro atoms. The first-order chi connectivity index (χ1) is 15.2. The van der Waals surface area contributed by atoms with Gasteiger partial charge >= 0.3 is 0 Å². The number of rotatable bonds is 7. The molecule has 0 fully saturated rings. The number of allylic oxidation sites excluding steroid dienone is 1. The molecule has 2 aromatic carbocycles. The van der Waals surface area contributed by atoms with Gasteiger partial charge in [-0.2, -0.15) is 0 Å². The zero-order valence-corrected chi connectivity index (χ0v) is 20.4. The number of benzene rings is 2. The quantitative estimate of drug-likeness (QED) is 0.485. The molecule has 5 nitrogen and oxygen atoms in total. The number of nitrogens with one attached hydrogen (secondary N) is 1. The highest BCUT2D eigenvalue weighted by Gasteiger charge is 2.31. The number of carbonyl (C=O) groups excluding carboxylic acids is 1. The van der Waals surface area contributed by atoms with Gasteiger partial charge in [-0.05, 0) is 30.3 Å². The number of furan rings is 1. The van der Waals surface area contributed by atoms with E-state index >= 15 is 0 Å². The number of hydrogen-bond acceptors (Lipinski definition) is 4. The van der Waals surface area contributed by atoms with Gasteiger partial charge in [-0.1, -0.05) is 55.4 Å². The third-order valence-corrected chi connectivity index (χ3v) is 5.98. The van der Waals surface area contributed by atoms with Crippen LogP contribution in [0.2, 0.25) is 0 Å². The van der Waals surface area contributed by atoms with E-state index in [1.54, 1.807) is 12.1 Å². The molecule has 1 aromatic heterocycles. The van der Waals surface area contributed by atoms with Crippen molar-refractivity contribution in [3.63, 3.8) is 0 Å². The first kappa shape index (κ1) is 22.6. The molecule has 0 aliphatic carbocycles. The van der Waals surface area contributed by atoms with Crippen LogP contribution in [0.15, 0.2) is 51.0 Å². The minimum atomic E-state index is -0.225. The van der Waals surface area contributed by atoms with Crippen LogP contribution in [0.1, 0.15) is 49.4 Å². The van der Waals surface area contributed by atoms with E-state index in [9.17, 15) is 9.90 Å². The number of quaternary nitrogens is 1. The molecule has 168 valence electrons. The lowest BCUT2D eigenvalue weighted by Crippen LogP contribution is -3.11. The van der Waals surface area contributed by atoms with Crippen LogP contribution in [0.25, 0.3) is 17.0 Å². The van der Waals surface area contributed by atoms with Crippen LogP contribution in [0.5, 0.6) is 11.5 Å². The van der Waals surface area contributed by atoms with Crippen molar-refractivity contribution >= 4 is 38.8 Å². The summed E-state index contributed by atoms with van der Waals surface area (Å²) in [5.74, 6) is 1.80. The van der Waals surface area contributed by atoms with Crippen LogP contribution in [-0.2, 0) is 6.54 Å². The Morgan fingerprint density at radius 3 is 2.47 bits per heavy atom. The molecule has 3 aromatic rings. The summed E-state index contributed by atoms with van der Waals surface area (Å²) in [6.45, 7) is 11.2. The lowest BCUT2D eigenvalue weighted by molar-refractivity contribution is -0.919. The number of ether oxygens (including phenoxy) is 1. The summed E-state index contributed by atoms with van der Waals surface area (Å²) in [5.41, 5.74) is 1.74. The fourth-order valence-electron chi connectivity index (χ4n) is 4.32. The van der Waals surface area contributed by atoms with Crippen LogP contribution in [0.4, 0.5) is 0 Å². The van der Waals surface area contributed by atoms with Crippen molar-refractivity contribution in [2.45, 2.75) is 34.2 Å². The minimum absolute atomic E-state index is 0.0867. The average molecular weight is 498 g/mol. The van der Waals surface area contributed by atoms with Gasteiger partial charge in [0.25, 0.3) is 0 Å². The Morgan fingerprint density at radius 1 is 1.06 bits per heavy atom. The smallest absolute Gasteiger partial charge is 0.232 e. The molecule has 0 saturated carbocycles. The van der Waals surface area contributed by atoms with E-state index in [1.807, 2.05) is 24.3 Å². The Kier molecular flexibility index (Phi) is 6.45. The van der Waals surface area contributed by atoms with Crippen LogP contribution < -0.4 is 14.7 Å². The van der Waals surface area contributed by atoms with Gasteiger partial charge in [-0.25, -0.2) is 0 Å². The number of hydrogen-bond donors (Lipinski definition) is 1. The van der Waals surface area contributed by atoms with E-state index in [2.05, 4.69) is 43.6 Å². The highest BCUT2D eigenvalue weighted by molar-refractivity contribution is 9.10.